The van der Waals surface area contributed by atoms with Crippen LogP contribution < -0.4 is 0 Å². The average Bonchev–Trinajstić information content (AvgIpc) is 2.93. The van der Waals surface area contributed by atoms with Crippen molar-refractivity contribution >= 4 is 11.3 Å². The van der Waals surface area contributed by atoms with Crippen LogP contribution in [0, 0.1) is 0 Å². The monoisotopic (exact) mass is 298 g/mol. The minimum Gasteiger partial charge on any atom is -0.383 e. The first-order valence-corrected chi connectivity index (χ1v) is 7.89. The van der Waals surface area contributed by atoms with E-state index in [1.165, 1.54) is 19.3 Å². The highest BCUT2D eigenvalue weighted by molar-refractivity contribution is 6.10. The second-order valence-corrected chi connectivity index (χ2v) is 6.14. The van der Waals surface area contributed by atoms with Gasteiger partial charge in [0.05, 0.1) is 16.8 Å². The van der Waals surface area contributed by atoms with E-state index in [9.17, 15) is 4.79 Å². The maximum absolute atomic E-state index is 12.7. The molecule has 0 aromatic carbocycles. The lowest BCUT2D eigenvalue weighted by Gasteiger charge is -2.20. The highest BCUT2D eigenvalue weighted by Gasteiger charge is 2.26. The first kappa shape index (κ1) is 14.8. The van der Waals surface area contributed by atoms with Gasteiger partial charge in [-0.1, -0.05) is 19.3 Å². The van der Waals surface area contributed by atoms with Crippen LogP contribution in [0.3, 0.4) is 0 Å². The summed E-state index contributed by atoms with van der Waals surface area (Å²) < 4.78 is 1.60. The van der Waals surface area contributed by atoms with Crippen LogP contribution in [0.1, 0.15) is 54.1 Å². The van der Waals surface area contributed by atoms with Crippen molar-refractivity contribution in [2.75, 3.05) is 14.1 Å². The number of hydrogen-bond acceptors (Lipinski definition) is 4. The number of ketones is 1. The van der Waals surface area contributed by atoms with Crippen molar-refractivity contribution < 1.29 is 4.79 Å². The molecule has 1 aliphatic rings. The summed E-state index contributed by atoms with van der Waals surface area (Å²) >= 11 is 0. The van der Waals surface area contributed by atoms with Gasteiger partial charge in [0.25, 0.3) is 0 Å². The largest absolute Gasteiger partial charge is 0.383 e. The Hall–Kier alpha value is -2.17. The van der Waals surface area contributed by atoms with Gasteiger partial charge in [-0.2, -0.15) is 14.8 Å². The molecular formula is C17H22N4O. The van der Waals surface area contributed by atoms with E-state index in [0.29, 0.717) is 5.92 Å². The average molecular weight is 298 g/mol. The summed E-state index contributed by atoms with van der Waals surface area (Å²) in [4.78, 5) is 14.6. The Kier molecular flexibility index (Phi) is 4.22. The van der Waals surface area contributed by atoms with Gasteiger partial charge < -0.3 is 4.90 Å². The van der Waals surface area contributed by atoms with Crippen molar-refractivity contribution in [3.63, 3.8) is 0 Å². The van der Waals surface area contributed by atoms with Crippen molar-refractivity contribution in [1.82, 2.24) is 19.7 Å². The fraction of sp³-hybridized carbons (Fsp3) is 0.471. The molecule has 0 spiro atoms. The molecule has 116 valence electrons. The number of carbonyl (C=O) groups excluding carboxylic acids is 1. The fourth-order valence-corrected chi connectivity index (χ4v) is 3.13. The van der Waals surface area contributed by atoms with E-state index in [4.69, 9.17) is 0 Å². The van der Waals surface area contributed by atoms with Gasteiger partial charge in [0, 0.05) is 38.5 Å². The van der Waals surface area contributed by atoms with Crippen LogP contribution in [-0.4, -0.2) is 39.6 Å². The zero-order chi connectivity index (χ0) is 15.5. The Balaban J connectivity index is 2.06. The molecule has 5 nitrogen and oxygen atoms in total. The normalized spacial score (nSPS) is 16.5. The molecule has 0 unspecified atom stereocenters. The van der Waals surface area contributed by atoms with Gasteiger partial charge in [-0.3, -0.25) is 4.79 Å². The van der Waals surface area contributed by atoms with Crippen LogP contribution in [0.5, 0.6) is 0 Å². The lowest BCUT2D eigenvalue weighted by atomic mass is 9.84. The lowest BCUT2D eigenvalue weighted by molar-refractivity contribution is 0.104. The van der Waals surface area contributed by atoms with Crippen molar-refractivity contribution in [2.24, 2.45) is 0 Å². The molecule has 0 amide bonds. The number of rotatable bonds is 4. The molecule has 1 aliphatic carbocycles. The maximum Gasteiger partial charge on any atom is 0.191 e. The van der Waals surface area contributed by atoms with Crippen LogP contribution in [0.15, 0.2) is 30.6 Å². The fourth-order valence-electron chi connectivity index (χ4n) is 3.13. The van der Waals surface area contributed by atoms with Gasteiger partial charge in [-0.25, -0.2) is 0 Å². The van der Waals surface area contributed by atoms with Crippen LogP contribution in [0.4, 0.5) is 0 Å². The topological polar surface area (TPSA) is 50.5 Å². The zero-order valence-corrected chi connectivity index (χ0v) is 13.2. The summed E-state index contributed by atoms with van der Waals surface area (Å²) in [5.41, 5.74) is 2.45. The van der Waals surface area contributed by atoms with E-state index < -0.39 is 0 Å². The third kappa shape index (κ3) is 2.89. The third-order valence-corrected chi connectivity index (χ3v) is 4.21. The van der Waals surface area contributed by atoms with Gasteiger partial charge in [-0.15, -0.1) is 0 Å². The van der Waals surface area contributed by atoms with Crippen molar-refractivity contribution in [3.05, 3.63) is 41.9 Å². The molecule has 2 aromatic heterocycles. The second kappa shape index (κ2) is 6.30. The second-order valence-electron chi connectivity index (χ2n) is 6.14. The molecule has 0 N–H and O–H groups in total. The molecule has 5 heteroatoms. The van der Waals surface area contributed by atoms with Gasteiger partial charge in [0.15, 0.2) is 5.78 Å². The van der Waals surface area contributed by atoms with Crippen LogP contribution in [-0.2, 0) is 0 Å². The number of aromatic nitrogens is 3. The zero-order valence-electron chi connectivity index (χ0n) is 13.2. The molecule has 2 heterocycles. The summed E-state index contributed by atoms with van der Waals surface area (Å²) in [5.74, 6) is 0.388. The standard InChI is InChI=1S/C17H22N4O/c1-20(2)12-10-15(22)16-14-9-6-11-18-21(14)19-17(16)13-7-4-3-5-8-13/h6,9-13H,3-5,7-8H2,1-2H3. The molecule has 22 heavy (non-hydrogen) atoms. The molecule has 0 atom stereocenters. The molecule has 0 bridgehead atoms. The Labute approximate surface area is 130 Å². The van der Waals surface area contributed by atoms with E-state index in [2.05, 4.69) is 10.2 Å². The molecule has 2 aromatic rings. The first-order valence-electron chi connectivity index (χ1n) is 7.89. The van der Waals surface area contributed by atoms with E-state index in [-0.39, 0.29) is 5.78 Å². The number of hydrogen-bond donors (Lipinski definition) is 0. The molecule has 1 fully saturated rings. The number of allylic oxidation sites excluding steroid dienone is 1. The number of fused-ring (bicyclic) bond motifs is 1. The lowest BCUT2D eigenvalue weighted by Crippen LogP contribution is -2.10. The smallest absolute Gasteiger partial charge is 0.191 e. The first-order chi connectivity index (χ1) is 10.7. The number of carbonyl (C=O) groups is 1. The molecule has 0 aliphatic heterocycles. The van der Waals surface area contributed by atoms with Crippen molar-refractivity contribution in [3.8, 4) is 0 Å². The molecular weight excluding hydrogens is 276 g/mol. The van der Waals surface area contributed by atoms with Crippen LogP contribution in [0.25, 0.3) is 5.52 Å². The summed E-state index contributed by atoms with van der Waals surface area (Å²) in [6.07, 6.45) is 11.0. The van der Waals surface area contributed by atoms with Crippen LogP contribution >= 0.6 is 0 Å². The summed E-state index contributed by atoms with van der Waals surface area (Å²) in [7, 11) is 3.81. The molecule has 3 rings (SSSR count). The Morgan fingerprint density at radius 2 is 2.09 bits per heavy atom. The molecule has 0 saturated heterocycles. The van der Waals surface area contributed by atoms with Gasteiger partial charge in [-0.05, 0) is 25.0 Å². The maximum atomic E-state index is 12.7. The summed E-state index contributed by atoms with van der Waals surface area (Å²) in [5, 5.41) is 8.88. The van der Waals surface area contributed by atoms with E-state index in [1.807, 2.05) is 31.1 Å². The van der Waals surface area contributed by atoms with E-state index in [0.717, 1.165) is 29.6 Å². The SMILES string of the molecule is CN(C)C=CC(=O)c1c(C2CCCCC2)nn2ncccc12. The Morgan fingerprint density at radius 3 is 2.82 bits per heavy atom. The minimum atomic E-state index is 0.0114. The quantitative estimate of drug-likeness (QED) is 0.643. The Bertz CT molecular complexity index is 696. The van der Waals surface area contributed by atoms with Gasteiger partial charge in [0.2, 0.25) is 0 Å². The third-order valence-electron chi connectivity index (χ3n) is 4.21. The highest BCUT2D eigenvalue weighted by Crippen LogP contribution is 2.35. The predicted octanol–water partition coefficient (Wildman–Crippen LogP) is 3.04. The molecule has 1 saturated carbocycles. The van der Waals surface area contributed by atoms with Gasteiger partial charge >= 0.3 is 0 Å². The number of nitrogens with zero attached hydrogens (tertiary/aromatic N) is 4. The highest BCUT2D eigenvalue weighted by atomic mass is 16.1. The van der Waals surface area contributed by atoms with Crippen molar-refractivity contribution in [2.45, 2.75) is 38.0 Å². The Morgan fingerprint density at radius 1 is 1.32 bits per heavy atom. The van der Waals surface area contributed by atoms with Crippen LogP contribution in [0.2, 0.25) is 0 Å². The van der Waals surface area contributed by atoms with E-state index in [1.54, 1.807) is 23.1 Å². The van der Waals surface area contributed by atoms with E-state index >= 15 is 0 Å². The predicted molar refractivity (Wildman–Crippen MR) is 86.0 cm³/mol. The summed E-state index contributed by atoms with van der Waals surface area (Å²) in [6.45, 7) is 0. The minimum absolute atomic E-state index is 0.0114. The summed E-state index contributed by atoms with van der Waals surface area (Å²) in [6, 6.07) is 3.77. The van der Waals surface area contributed by atoms with Crippen molar-refractivity contribution in [1.29, 1.82) is 0 Å². The van der Waals surface area contributed by atoms with Gasteiger partial charge in [0.1, 0.15) is 0 Å². The molecule has 0 radical (unpaired) electrons.